The molecule has 0 aromatic carbocycles. The van der Waals surface area contributed by atoms with Gasteiger partial charge in [0.1, 0.15) is 0 Å². The zero-order valence-corrected chi connectivity index (χ0v) is 9.87. The van der Waals surface area contributed by atoms with Crippen molar-refractivity contribution in [3.05, 3.63) is 0 Å². The van der Waals surface area contributed by atoms with Gasteiger partial charge < -0.3 is 5.11 Å². The number of hydrogen-bond acceptors (Lipinski definition) is 1. The number of aliphatic carboxylic acids is 1. The zero-order valence-electron chi connectivity index (χ0n) is 8.46. The van der Waals surface area contributed by atoms with E-state index in [0.29, 0.717) is 5.92 Å². The van der Waals surface area contributed by atoms with Crippen LogP contribution in [0.2, 0.25) is 0 Å². The molecule has 1 aliphatic rings. The summed E-state index contributed by atoms with van der Waals surface area (Å²) in [5.74, 6) is -0.0986. The lowest BCUT2D eigenvalue weighted by Crippen LogP contribution is -2.16. The Labute approximate surface area is 83.7 Å². The number of carboxylic acid groups (broad SMARTS) is 1. The lowest BCUT2D eigenvalue weighted by atomic mass is 9.83. The molecule has 1 saturated carbocycles. The van der Waals surface area contributed by atoms with E-state index in [1.807, 2.05) is 6.92 Å². The van der Waals surface area contributed by atoms with Gasteiger partial charge in [-0.2, -0.15) is 9.90 Å². The van der Waals surface area contributed by atoms with Gasteiger partial charge in [0.05, 0.1) is 5.92 Å². The normalized spacial score (nSPS) is 20.4. The first-order chi connectivity index (χ1) is 5.70. The summed E-state index contributed by atoms with van der Waals surface area (Å²) in [6.07, 6.45) is 7.33. The van der Waals surface area contributed by atoms with Crippen molar-refractivity contribution in [1.82, 2.24) is 0 Å². The molecule has 1 fully saturated rings. The highest BCUT2D eigenvalue weighted by Gasteiger charge is 2.19. The summed E-state index contributed by atoms with van der Waals surface area (Å²) < 4.78 is 0. The minimum absolute atomic E-state index is 0. The molecule has 2 atom stereocenters. The van der Waals surface area contributed by atoms with E-state index in [1.54, 1.807) is 0 Å². The minimum atomic E-state index is -0.638. The molecule has 0 aromatic heterocycles. The summed E-state index contributed by atoms with van der Waals surface area (Å²) in [4.78, 5) is 10.6. The lowest BCUT2D eigenvalue weighted by molar-refractivity contribution is -0.141. The van der Waals surface area contributed by atoms with Gasteiger partial charge in [0.25, 0.3) is 0 Å². The maximum atomic E-state index is 10.6. The van der Waals surface area contributed by atoms with Gasteiger partial charge in [-0.05, 0) is 12.3 Å². The van der Waals surface area contributed by atoms with Crippen LogP contribution >= 0.6 is 9.90 Å². The highest BCUT2D eigenvalue weighted by Crippen LogP contribution is 2.28. The van der Waals surface area contributed by atoms with Crippen LogP contribution in [0.3, 0.4) is 0 Å². The molecule has 0 bridgehead atoms. The summed E-state index contributed by atoms with van der Waals surface area (Å²) >= 11 is 0. The van der Waals surface area contributed by atoms with Crippen molar-refractivity contribution in [2.75, 3.05) is 0 Å². The largest absolute Gasteiger partial charge is 0.481 e. The molecule has 2 unspecified atom stereocenters. The van der Waals surface area contributed by atoms with Crippen LogP contribution in [0.5, 0.6) is 0 Å². The molecule has 0 amide bonds. The van der Waals surface area contributed by atoms with Gasteiger partial charge in [-0.15, -0.1) is 0 Å². The standard InChI is InChI=1S/C10H18O2.H3P/c1-8(10(11)12)7-9-5-3-2-4-6-9;/h8-9H,2-7H2,1H3,(H,11,12);1H3. The van der Waals surface area contributed by atoms with Gasteiger partial charge in [-0.3, -0.25) is 4.79 Å². The SMILES string of the molecule is CC(CC1CCCCC1)C(=O)O.P. The van der Waals surface area contributed by atoms with Crippen molar-refractivity contribution in [2.45, 2.75) is 45.4 Å². The minimum Gasteiger partial charge on any atom is -0.481 e. The number of carboxylic acids is 1. The number of carbonyl (C=O) groups is 1. The van der Waals surface area contributed by atoms with Crippen LogP contribution in [0.4, 0.5) is 0 Å². The van der Waals surface area contributed by atoms with Crippen LogP contribution in [0.25, 0.3) is 0 Å². The maximum absolute atomic E-state index is 10.6. The summed E-state index contributed by atoms with van der Waals surface area (Å²) in [6.45, 7) is 1.82. The van der Waals surface area contributed by atoms with Crippen molar-refractivity contribution in [2.24, 2.45) is 11.8 Å². The van der Waals surface area contributed by atoms with Gasteiger partial charge in [-0.25, -0.2) is 0 Å². The fourth-order valence-corrected chi connectivity index (χ4v) is 2.02. The second-order valence-electron chi connectivity index (χ2n) is 3.98. The summed E-state index contributed by atoms with van der Waals surface area (Å²) in [5.41, 5.74) is 0. The van der Waals surface area contributed by atoms with Gasteiger partial charge in [0.15, 0.2) is 0 Å². The van der Waals surface area contributed by atoms with E-state index in [4.69, 9.17) is 5.11 Å². The molecule has 1 aliphatic carbocycles. The quantitative estimate of drug-likeness (QED) is 0.718. The number of hydrogen-bond donors (Lipinski definition) is 1. The third kappa shape index (κ3) is 4.61. The third-order valence-corrected chi connectivity index (χ3v) is 2.83. The van der Waals surface area contributed by atoms with Gasteiger partial charge in [0, 0.05) is 0 Å². The first-order valence-electron chi connectivity index (χ1n) is 4.93. The molecule has 0 saturated heterocycles. The highest BCUT2D eigenvalue weighted by molar-refractivity contribution is 6.92. The monoisotopic (exact) mass is 204 g/mol. The average molecular weight is 204 g/mol. The van der Waals surface area contributed by atoms with Crippen LogP contribution in [0, 0.1) is 11.8 Å². The highest BCUT2D eigenvalue weighted by atomic mass is 31.0. The topological polar surface area (TPSA) is 37.3 Å². The molecule has 13 heavy (non-hydrogen) atoms. The smallest absolute Gasteiger partial charge is 0.306 e. The Morgan fingerprint density at radius 3 is 2.38 bits per heavy atom. The fourth-order valence-electron chi connectivity index (χ4n) is 2.02. The molecular formula is C10H21O2P. The van der Waals surface area contributed by atoms with E-state index in [-0.39, 0.29) is 15.8 Å². The Morgan fingerprint density at radius 1 is 1.38 bits per heavy atom. The van der Waals surface area contributed by atoms with Gasteiger partial charge in [-0.1, -0.05) is 39.0 Å². The van der Waals surface area contributed by atoms with Crippen molar-refractivity contribution < 1.29 is 9.90 Å². The van der Waals surface area contributed by atoms with Gasteiger partial charge >= 0.3 is 5.97 Å². The third-order valence-electron chi connectivity index (χ3n) is 2.83. The first-order valence-corrected chi connectivity index (χ1v) is 4.93. The Kier molecular flexibility index (Phi) is 6.32. The molecule has 78 valence electrons. The van der Waals surface area contributed by atoms with Crippen LogP contribution < -0.4 is 0 Å². The van der Waals surface area contributed by atoms with E-state index in [0.717, 1.165) is 6.42 Å². The van der Waals surface area contributed by atoms with Gasteiger partial charge in [0.2, 0.25) is 0 Å². The molecule has 2 nitrogen and oxygen atoms in total. The Morgan fingerprint density at radius 2 is 1.92 bits per heavy atom. The molecular weight excluding hydrogens is 183 g/mol. The van der Waals surface area contributed by atoms with E-state index in [2.05, 4.69) is 0 Å². The summed E-state index contributed by atoms with van der Waals surface area (Å²) in [7, 11) is 0. The molecule has 0 spiro atoms. The Bertz CT molecular complexity index is 153. The van der Waals surface area contributed by atoms with Crippen molar-refractivity contribution >= 4 is 15.9 Å². The van der Waals surface area contributed by atoms with Crippen LogP contribution in [0.15, 0.2) is 0 Å². The molecule has 3 heteroatoms. The Balaban J connectivity index is 0.00000144. The fraction of sp³-hybridized carbons (Fsp3) is 0.900. The lowest BCUT2D eigenvalue weighted by Gasteiger charge is -2.22. The predicted molar refractivity (Wildman–Crippen MR) is 59.1 cm³/mol. The number of rotatable bonds is 3. The van der Waals surface area contributed by atoms with Crippen LogP contribution in [-0.2, 0) is 4.79 Å². The zero-order chi connectivity index (χ0) is 8.97. The summed E-state index contributed by atoms with van der Waals surface area (Å²) in [5, 5.41) is 8.71. The van der Waals surface area contributed by atoms with E-state index in [1.165, 1.54) is 32.1 Å². The molecule has 1 rings (SSSR count). The first kappa shape index (κ1) is 12.9. The molecule has 0 aliphatic heterocycles. The molecule has 0 aromatic rings. The van der Waals surface area contributed by atoms with Crippen molar-refractivity contribution in [1.29, 1.82) is 0 Å². The van der Waals surface area contributed by atoms with E-state index in [9.17, 15) is 4.79 Å². The second kappa shape index (κ2) is 6.37. The Hall–Kier alpha value is -0.100. The summed E-state index contributed by atoms with van der Waals surface area (Å²) in [6, 6.07) is 0. The van der Waals surface area contributed by atoms with Crippen molar-refractivity contribution in [3.63, 3.8) is 0 Å². The van der Waals surface area contributed by atoms with Crippen molar-refractivity contribution in [3.8, 4) is 0 Å². The van der Waals surface area contributed by atoms with E-state index < -0.39 is 5.97 Å². The van der Waals surface area contributed by atoms with Crippen LogP contribution in [-0.4, -0.2) is 11.1 Å². The average Bonchev–Trinajstić information content (AvgIpc) is 2.06. The predicted octanol–water partition coefficient (Wildman–Crippen LogP) is 2.74. The molecule has 1 N–H and O–H groups in total. The van der Waals surface area contributed by atoms with Crippen LogP contribution in [0.1, 0.15) is 45.4 Å². The van der Waals surface area contributed by atoms with E-state index >= 15 is 0 Å². The maximum Gasteiger partial charge on any atom is 0.306 e. The molecule has 0 heterocycles. The molecule has 0 radical (unpaired) electrons. The second-order valence-corrected chi connectivity index (χ2v) is 3.98.